The quantitative estimate of drug-likeness (QED) is 0.900. The molecule has 0 spiro atoms. The van der Waals surface area contributed by atoms with Crippen molar-refractivity contribution in [2.75, 3.05) is 18.0 Å². The third kappa shape index (κ3) is 2.41. The highest BCUT2D eigenvalue weighted by molar-refractivity contribution is 9.10. The highest BCUT2D eigenvalue weighted by Crippen LogP contribution is 2.32. The Kier molecular flexibility index (Phi) is 3.55. The van der Waals surface area contributed by atoms with Crippen molar-refractivity contribution in [3.05, 3.63) is 28.2 Å². The molecule has 1 aromatic rings. The number of anilines is 1. The zero-order chi connectivity index (χ0) is 11.7. The molecule has 0 bridgehead atoms. The Balaban J connectivity index is 2.22. The second-order valence-corrected chi connectivity index (χ2v) is 5.58. The molecule has 0 saturated carbocycles. The van der Waals surface area contributed by atoms with Crippen LogP contribution in [0.5, 0.6) is 0 Å². The molecule has 1 aliphatic heterocycles. The first-order valence-electron chi connectivity index (χ1n) is 5.80. The normalized spacial score (nSPS) is 22.5. The first-order chi connectivity index (χ1) is 7.58. The maximum Gasteiger partial charge on any atom is 0.0762 e. The summed E-state index contributed by atoms with van der Waals surface area (Å²) in [7, 11) is 0. The summed E-state index contributed by atoms with van der Waals surface area (Å²) in [6.07, 6.45) is 0.868. The predicted octanol–water partition coefficient (Wildman–Crippen LogP) is 3.35. The number of benzene rings is 1. The van der Waals surface area contributed by atoms with Crippen molar-refractivity contribution in [2.45, 2.75) is 26.4 Å². The van der Waals surface area contributed by atoms with Crippen molar-refractivity contribution in [3.8, 4) is 0 Å². The van der Waals surface area contributed by atoms with Gasteiger partial charge in [-0.05, 0) is 52.9 Å². The fourth-order valence-corrected chi connectivity index (χ4v) is 2.84. The Labute approximate surface area is 105 Å². The van der Waals surface area contributed by atoms with Crippen LogP contribution in [-0.4, -0.2) is 18.2 Å². The average Bonchev–Trinajstić information content (AvgIpc) is 2.64. The number of aliphatic hydroxyl groups excluding tert-OH is 1. The highest BCUT2D eigenvalue weighted by Gasteiger charge is 2.20. The van der Waals surface area contributed by atoms with E-state index in [1.807, 2.05) is 12.1 Å². The molecular formula is C13H18BrNO. The zero-order valence-corrected chi connectivity index (χ0v) is 11.4. The number of hydrogen-bond acceptors (Lipinski definition) is 2. The summed E-state index contributed by atoms with van der Waals surface area (Å²) in [5.74, 6) is 0.781. The van der Waals surface area contributed by atoms with Crippen LogP contribution in [0.1, 0.15) is 31.9 Å². The van der Waals surface area contributed by atoms with Gasteiger partial charge in [-0.1, -0.05) is 13.0 Å². The molecule has 3 heteroatoms. The molecule has 1 aliphatic rings. The Bertz CT molecular complexity index is 378. The van der Waals surface area contributed by atoms with E-state index in [2.05, 4.69) is 33.8 Å². The molecular weight excluding hydrogens is 266 g/mol. The van der Waals surface area contributed by atoms with Gasteiger partial charge in [0.2, 0.25) is 0 Å². The molecule has 88 valence electrons. The lowest BCUT2D eigenvalue weighted by molar-refractivity contribution is 0.199. The van der Waals surface area contributed by atoms with E-state index in [9.17, 15) is 5.11 Å². The molecule has 1 heterocycles. The van der Waals surface area contributed by atoms with E-state index in [1.54, 1.807) is 6.92 Å². The minimum Gasteiger partial charge on any atom is -0.389 e. The van der Waals surface area contributed by atoms with E-state index in [4.69, 9.17) is 0 Å². The average molecular weight is 284 g/mol. The smallest absolute Gasteiger partial charge is 0.0762 e. The van der Waals surface area contributed by atoms with E-state index in [0.717, 1.165) is 29.0 Å². The maximum absolute atomic E-state index is 9.51. The minimum atomic E-state index is -0.400. The monoisotopic (exact) mass is 283 g/mol. The van der Waals surface area contributed by atoms with Gasteiger partial charge in [-0.2, -0.15) is 0 Å². The lowest BCUT2D eigenvalue weighted by atomic mass is 10.1. The summed E-state index contributed by atoms with van der Waals surface area (Å²) in [4.78, 5) is 2.40. The highest BCUT2D eigenvalue weighted by atomic mass is 79.9. The molecule has 2 atom stereocenters. The molecule has 2 nitrogen and oxygen atoms in total. The van der Waals surface area contributed by atoms with Crippen molar-refractivity contribution in [1.29, 1.82) is 0 Å². The maximum atomic E-state index is 9.51. The van der Waals surface area contributed by atoms with E-state index in [-0.39, 0.29) is 0 Å². The Hall–Kier alpha value is -0.540. The minimum absolute atomic E-state index is 0.400. The molecule has 1 fully saturated rings. The number of aliphatic hydroxyl groups is 1. The molecule has 1 N–H and O–H groups in total. The summed E-state index contributed by atoms with van der Waals surface area (Å²) in [5.41, 5.74) is 2.21. The molecule has 0 aromatic heterocycles. The van der Waals surface area contributed by atoms with Gasteiger partial charge in [-0.25, -0.2) is 0 Å². The summed E-state index contributed by atoms with van der Waals surface area (Å²) >= 11 is 3.59. The van der Waals surface area contributed by atoms with Gasteiger partial charge in [0.1, 0.15) is 0 Å². The molecule has 2 rings (SSSR count). The van der Waals surface area contributed by atoms with Crippen LogP contribution in [0, 0.1) is 5.92 Å². The second-order valence-electron chi connectivity index (χ2n) is 4.73. The fourth-order valence-electron chi connectivity index (χ4n) is 2.19. The fraction of sp³-hybridized carbons (Fsp3) is 0.538. The van der Waals surface area contributed by atoms with Gasteiger partial charge in [0, 0.05) is 17.6 Å². The van der Waals surface area contributed by atoms with Gasteiger partial charge < -0.3 is 10.0 Å². The summed E-state index contributed by atoms with van der Waals surface area (Å²) in [6, 6.07) is 6.13. The third-order valence-electron chi connectivity index (χ3n) is 3.22. The van der Waals surface area contributed by atoms with Crippen molar-refractivity contribution in [1.82, 2.24) is 0 Å². The zero-order valence-electron chi connectivity index (χ0n) is 9.78. The number of halogens is 1. The van der Waals surface area contributed by atoms with Crippen molar-refractivity contribution >= 4 is 21.6 Å². The van der Waals surface area contributed by atoms with Crippen LogP contribution < -0.4 is 4.90 Å². The van der Waals surface area contributed by atoms with Crippen molar-refractivity contribution in [3.63, 3.8) is 0 Å². The number of hydrogen-bond donors (Lipinski definition) is 1. The largest absolute Gasteiger partial charge is 0.389 e. The van der Waals surface area contributed by atoms with Crippen molar-refractivity contribution in [2.24, 2.45) is 5.92 Å². The molecule has 16 heavy (non-hydrogen) atoms. The Morgan fingerprint density at radius 3 is 2.75 bits per heavy atom. The van der Waals surface area contributed by atoms with Gasteiger partial charge in [-0.3, -0.25) is 0 Å². The molecule has 1 aromatic carbocycles. The third-order valence-corrected chi connectivity index (χ3v) is 3.85. The standard InChI is InChI=1S/C13H18BrNO/c1-9-5-6-15(8-9)13-4-3-11(10(2)16)7-12(13)14/h3-4,7,9-10,16H,5-6,8H2,1-2H3/t9?,10-/m1/s1. The lowest BCUT2D eigenvalue weighted by Gasteiger charge is -2.20. The first kappa shape index (κ1) is 11.9. The summed E-state index contributed by atoms with van der Waals surface area (Å²) < 4.78 is 1.08. The van der Waals surface area contributed by atoms with Gasteiger partial charge in [0.05, 0.1) is 11.8 Å². The molecule has 0 amide bonds. The van der Waals surface area contributed by atoms with Crippen molar-refractivity contribution < 1.29 is 5.11 Å². The van der Waals surface area contributed by atoms with E-state index in [1.165, 1.54) is 12.1 Å². The SMILES string of the molecule is CC1CCN(c2ccc([C@@H](C)O)cc2Br)C1. The van der Waals surface area contributed by atoms with E-state index in [0.29, 0.717) is 0 Å². The van der Waals surface area contributed by atoms with Gasteiger partial charge in [0.25, 0.3) is 0 Å². The molecule has 0 radical (unpaired) electrons. The van der Waals surface area contributed by atoms with Crippen LogP contribution in [0.15, 0.2) is 22.7 Å². The van der Waals surface area contributed by atoms with Crippen LogP contribution >= 0.6 is 15.9 Å². The molecule has 1 saturated heterocycles. The van der Waals surface area contributed by atoms with Crippen LogP contribution in [-0.2, 0) is 0 Å². The Morgan fingerprint density at radius 2 is 2.25 bits per heavy atom. The van der Waals surface area contributed by atoms with Crippen LogP contribution in [0.4, 0.5) is 5.69 Å². The second kappa shape index (κ2) is 4.76. The van der Waals surface area contributed by atoms with Gasteiger partial charge in [-0.15, -0.1) is 0 Å². The first-order valence-corrected chi connectivity index (χ1v) is 6.59. The summed E-state index contributed by atoms with van der Waals surface area (Å²) in [5, 5.41) is 9.51. The summed E-state index contributed by atoms with van der Waals surface area (Å²) in [6.45, 7) is 6.35. The molecule has 0 aliphatic carbocycles. The van der Waals surface area contributed by atoms with Gasteiger partial charge >= 0.3 is 0 Å². The van der Waals surface area contributed by atoms with Crippen LogP contribution in [0.3, 0.4) is 0 Å². The number of nitrogens with zero attached hydrogens (tertiary/aromatic N) is 1. The van der Waals surface area contributed by atoms with E-state index >= 15 is 0 Å². The number of rotatable bonds is 2. The topological polar surface area (TPSA) is 23.5 Å². The van der Waals surface area contributed by atoms with Gasteiger partial charge in [0.15, 0.2) is 0 Å². The lowest BCUT2D eigenvalue weighted by Crippen LogP contribution is -2.19. The van der Waals surface area contributed by atoms with E-state index < -0.39 is 6.10 Å². The van der Waals surface area contributed by atoms with Crippen LogP contribution in [0.2, 0.25) is 0 Å². The predicted molar refractivity (Wildman–Crippen MR) is 70.8 cm³/mol. The molecule has 1 unspecified atom stereocenters. The Morgan fingerprint density at radius 1 is 1.50 bits per heavy atom. The van der Waals surface area contributed by atoms with Crippen LogP contribution in [0.25, 0.3) is 0 Å².